The number of amides is 1. The van der Waals surface area contributed by atoms with Gasteiger partial charge in [-0.2, -0.15) is 0 Å². The van der Waals surface area contributed by atoms with Crippen molar-refractivity contribution in [1.82, 2.24) is 10.2 Å². The van der Waals surface area contributed by atoms with E-state index in [2.05, 4.69) is 5.32 Å². The lowest BCUT2D eigenvalue weighted by Crippen LogP contribution is -2.51. The van der Waals surface area contributed by atoms with E-state index in [1.807, 2.05) is 6.92 Å². The number of piperazine rings is 1. The van der Waals surface area contributed by atoms with Gasteiger partial charge >= 0.3 is 0 Å². The molecule has 0 spiro atoms. The van der Waals surface area contributed by atoms with E-state index >= 15 is 0 Å². The number of benzene rings is 1. The Morgan fingerprint density at radius 2 is 2.26 bits per heavy atom. The molecule has 2 rings (SSSR count). The number of carbonyl (C=O) groups excluding carboxylic acids is 1. The van der Waals surface area contributed by atoms with Crippen molar-refractivity contribution in [1.29, 1.82) is 0 Å². The minimum Gasteiger partial charge on any atom is -0.339 e. The van der Waals surface area contributed by atoms with E-state index in [-0.39, 0.29) is 11.7 Å². The van der Waals surface area contributed by atoms with Crippen LogP contribution in [0.5, 0.6) is 0 Å². The van der Waals surface area contributed by atoms with Crippen molar-refractivity contribution in [3.63, 3.8) is 0 Å². The summed E-state index contributed by atoms with van der Waals surface area (Å²) in [6, 6.07) is 3.98. The predicted molar refractivity (Wildman–Crippen MR) is 71.1 cm³/mol. The molecule has 0 radical (unpaired) electrons. The molecular formula is C13H16F2N2OS. The van der Waals surface area contributed by atoms with Gasteiger partial charge < -0.3 is 10.2 Å². The molecule has 1 heterocycles. The molecule has 1 atom stereocenters. The molecule has 0 bridgehead atoms. The van der Waals surface area contributed by atoms with Gasteiger partial charge in [-0.05, 0) is 25.1 Å². The molecule has 1 saturated heterocycles. The molecule has 1 aliphatic heterocycles. The molecule has 1 aromatic rings. The molecule has 1 unspecified atom stereocenters. The van der Waals surface area contributed by atoms with Gasteiger partial charge in [0.25, 0.3) is 0 Å². The highest BCUT2D eigenvalue weighted by Gasteiger charge is 2.20. The van der Waals surface area contributed by atoms with Crippen molar-refractivity contribution < 1.29 is 13.6 Å². The number of hydrogen-bond acceptors (Lipinski definition) is 3. The van der Waals surface area contributed by atoms with Crippen LogP contribution in [-0.2, 0) is 4.79 Å². The number of nitrogens with one attached hydrogen (secondary N) is 1. The zero-order chi connectivity index (χ0) is 13.8. The highest BCUT2D eigenvalue weighted by molar-refractivity contribution is 8.00. The van der Waals surface area contributed by atoms with E-state index in [0.717, 1.165) is 18.7 Å². The van der Waals surface area contributed by atoms with E-state index in [4.69, 9.17) is 0 Å². The van der Waals surface area contributed by atoms with Crippen LogP contribution < -0.4 is 5.32 Å². The predicted octanol–water partition coefficient (Wildman–Crippen LogP) is 1.88. The van der Waals surface area contributed by atoms with Gasteiger partial charge in [0.15, 0.2) is 11.6 Å². The molecule has 6 heteroatoms. The number of rotatable bonds is 3. The van der Waals surface area contributed by atoms with Gasteiger partial charge in [0.1, 0.15) is 0 Å². The average molecular weight is 286 g/mol. The zero-order valence-electron chi connectivity index (χ0n) is 10.7. The summed E-state index contributed by atoms with van der Waals surface area (Å²) in [6.45, 7) is 4.21. The summed E-state index contributed by atoms with van der Waals surface area (Å²) in [5, 5.41) is 3.26. The van der Waals surface area contributed by atoms with Crippen LogP contribution in [0.4, 0.5) is 8.78 Å². The van der Waals surface area contributed by atoms with Gasteiger partial charge in [-0.25, -0.2) is 8.78 Å². The number of carbonyl (C=O) groups is 1. The maximum atomic E-state index is 13.0. The van der Waals surface area contributed by atoms with Gasteiger partial charge in [0, 0.05) is 30.6 Å². The SMILES string of the molecule is CC1CN(C(=O)CSc2ccc(F)c(F)c2)CCN1. The number of nitrogens with zero attached hydrogens (tertiary/aromatic N) is 1. The van der Waals surface area contributed by atoms with Gasteiger partial charge in [0.05, 0.1) is 5.75 Å². The van der Waals surface area contributed by atoms with Gasteiger partial charge in [0.2, 0.25) is 5.91 Å². The molecule has 3 nitrogen and oxygen atoms in total. The van der Waals surface area contributed by atoms with Crippen LogP contribution in [0.15, 0.2) is 23.1 Å². The lowest BCUT2D eigenvalue weighted by atomic mass is 10.2. The molecule has 1 aliphatic rings. The maximum absolute atomic E-state index is 13.0. The smallest absolute Gasteiger partial charge is 0.233 e. The molecule has 1 fully saturated rings. The summed E-state index contributed by atoms with van der Waals surface area (Å²) in [7, 11) is 0. The summed E-state index contributed by atoms with van der Waals surface area (Å²) < 4.78 is 25.8. The Hall–Kier alpha value is -1.14. The van der Waals surface area contributed by atoms with Crippen LogP contribution in [0.25, 0.3) is 0 Å². The number of thioether (sulfide) groups is 1. The standard InChI is InChI=1S/C13H16F2N2OS/c1-9-7-17(5-4-16-9)13(18)8-19-10-2-3-11(14)12(15)6-10/h2-3,6,9,16H,4-5,7-8H2,1H3. The summed E-state index contributed by atoms with van der Waals surface area (Å²) >= 11 is 1.23. The summed E-state index contributed by atoms with van der Waals surface area (Å²) in [4.78, 5) is 14.3. The quantitative estimate of drug-likeness (QED) is 0.861. The Bertz CT molecular complexity index is 470. The van der Waals surface area contributed by atoms with Crippen LogP contribution in [-0.4, -0.2) is 42.2 Å². The minimum atomic E-state index is -0.881. The van der Waals surface area contributed by atoms with Crippen molar-refractivity contribution in [2.24, 2.45) is 0 Å². The van der Waals surface area contributed by atoms with Gasteiger partial charge in [-0.1, -0.05) is 0 Å². The lowest BCUT2D eigenvalue weighted by molar-refractivity contribution is -0.129. The molecule has 1 amide bonds. The third kappa shape index (κ3) is 3.91. The molecule has 0 aliphatic carbocycles. The molecule has 0 saturated carbocycles. The van der Waals surface area contributed by atoms with E-state index in [9.17, 15) is 13.6 Å². The molecule has 1 N–H and O–H groups in total. The van der Waals surface area contributed by atoms with E-state index in [1.54, 1.807) is 4.90 Å². The second-order valence-corrected chi connectivity index (χ2v) is 5.61. The summed E-state index contributed by atoms with van der Waals surface area (Å²) in [5.41, 5.74) is 0. The maximum Gasteiger partial charge on any atom is 0.233 e. The Kier molecular flexibility index (Phi) is 4.76. The fraction of sp³-hybridized carbons (Fsp3) is 0.462. The Labute approximate surface area is 115 Å². The number of halogens is 2. The first kappa shape index (κ1) is 14.3. The zero-order valence-corrected chi connectivity index (χ0v) is 11.5. The normalized spacial score (nSPS) is 19.5. The fourth-order valence-corrected chi connectivity index (χ4v) is 2.79. The van der Waals surface area contributed by atoms with Crippen molar-refractivity contribution in [3.8, 4) is 0 Å². The second kappa shape index (κ2) is 6.34. The molecule has 19 heavy (non-hydrogen) atoms. The first-order valence-corrected chi connectivity index (χ1v) is 7.14. The molecule has 1 aromatic carbocycles. The van der Waals surface area contributed by atoms with Crippen molar-refractivity contribution in [2.45, 2.75) is 17.9 Å². The van der Waals surface area contributed by atoms with E-state index in [0.29, 0.717) is 24.0 Å². The van der Waals surface area contributed by atoms with Crippen LogP contribution in [0.1, 0.15) is 6.92 Å². The third-order valence-corrected chi connectivity index (χ3v) is 3.95. The van der Waals surface area contributed by atoms with Crippen molar-refractivity contribution >= 4 is 17.7 Å². The van der Waals surface area contributed by atoms with Crippen LogP contribution in [0.3, 0.4) is 0 Å². The van der Waals surface area contributed by atoms with Gasteiger partial charge in [-0.3, -0.25) is 4.79 Å². The first-order chi connectivity index (χ1) is 9.06. The van der Waals surface area contributed by atoms with Gasteiger partial charge in [-0.15, -0.1) is 11.8 Å². The minimum absolute atomic E-state index is 0.0306. The monoisotopic (exact) mass is 286 g/mol. The topological polar surface area (TPSA) is 32.3 Å². The molecule has 104 valence electrons. The summed E-state index contributed by atoms with van der Waals surface area (Å²) in [6.07, 6.45) is 0. The highest BCUT2D eigenvalue weighted by atomic mass is 32.2. The largest absolute Gasteiger partial charge is 0.339 e. The van der Waals surface area contributed by atoms with Crippen LogP contribution >= 0.6 is 11.8 Å². The average Bonchev–Trinajstić information content (AvgIpc) is 2.40. The first-order valence-electron chi connectivity index (χ1n) is 6.15. The second-order valence-electron chi connectivity index (χ2n) is 4.56. The fourth-order valence-electron chi connectivity index (χ4n) is 1.96. The Balaban J connectivity index is 1.87. The third-order valence-electron chi connectivity index (χ3n) is 2.97. The van der Waals surface area contributed by atoms with E-state index in [1.165, 1.54) is 17.8 Å². The van der Waals surface area contributed by atoms with Crippen LogP contribution in [0.2, 0.25) is 0 Å². The highest BCUT2D eigenvalue weighted by Crippen LogP contribution is 2.21. The lowest BCUT2D eigenvalue weighted by Gasteiger charge is -2.31. The summed E-state index contributed by atoms with van der Waals surface area (Å²) in [5.74, 6) is -1.47. The van der Waals surface area contributed by atoms with E-state index < -0.39 is 11.6 Å². The van der Waals surface area contributed by atoms with Crippen molar-refractivity contribution in [3.05, 3.63) is 29.8 Å². The molecule has 0 aromatic heterocycles. The Morgan fingerprint density at radius 3 is 2.95 bits per heavy atom. The van der Waals surface area contributed by atoms with Crippen LogP contribution in [0, 0.1) is 11.6 Å². The Morgan fingerprint density at radius 1 is 1.47 bits per heavy atom. The van der Waals surface area contributed by atoms with Crippen molar-refractivity contribution in [2.75, 3.05) is 25.4 Å². The number of hydrogen-bond donors (Lipinski definition) is 1. The molecular weight excluding hydrogens is 270 g/mol.